The summed E-state index contributed by atoms with van der Waals surface area (Å²) in [4.78, 5) is 11.7. The van der Waals surface area contributed by atoms with Gasteiger partial charge in [-0.25, -0.2) is 4.79 Å². The van der Waals surface area contributed by atoms with E-state index in [-0.39, 0.29) is 4.47 Å². The fraction of sp³-hybridized carbons (Fsp3) is 0.0714. The van der Waals surface area contributed by atoms with Crippen LogP contribution in [0.2, 0.25) is 0 Å². The molecule has 7 heteroatoms. The topological polar surface area (TPSA) is 37.3 Å². The largest absolute Gasteiger partial charge is 0.478 e. The van der Waals surface area contributed by atoms with Crippen LogP contribution in [0.4, 0.5) is 13.2 Å². The maximum atomic E-state index is 12.9. The first-order valence-corrected chi connectivity index (χ1v) is 7.26. The van der Waals surface area contributed by atoms with E-state index in [1.807, 2.05) is 0 Å². The summed E-state index contributed by atoms with van der Waals surface area (Å²) < 4.78 is 38.6. The number of thiophene rings is 1. The minimum atomic E-state index is -4.43. The minimum Gasteiger partial charge on any atom is -0.478 e. The Labute approximate surface area is 130 Å². The number of carbonyl (C=O) groups is 1. The number of aliphatic carboxylic acids is 1. The number of halogens is 4. The normalized spacial score (nSPS) is 12.0. The number of rotatable bonds is 3. The molecule has 1 N–H and O–H groups in total. The van der Waals surface area contributed by atoms with Crippen molar-refractivity contribution in [2.24, 2.45) is 0 Å². The number of hydrogen-bond acceptors (Lipinski definition) is 2. The van der Waals surface area contributed by atoms with Gasteiger partial charge in [0.1, 0.15) is 0 Å². The highest BCUT2D eigenvalue weighted by Gasteiger charge is 2.33. The van der Waals surface area contributed by atoms with Crippen molar-refractivity contribution in [3.05, 3.63) is 51.3 Å². The molecule has 0 atom stereocenters. The minimum absolute atomic E-state index is 0.0127. The molecule has 0 saturated heterocycles. The van der Waals surface area contributed by atoms with Crippen LogP contribution in [-0.4, -0.2) is 11.1 Å². The van der Waals surface area contributed by atoms with Gasteiger partial charge in [-0.2, -0.15) is 13.2 Å². The summed E-state index contributed by atoms with van der Waals surface area (Å²) in [5, 5.41) is 8.54. The summed E-state index contributed by atoms with van der Waals surface area (Å²) in [5.41, 5.74) is -0.304. The predicted octanol–water partition coefficient (Wildman–Crippen LogP) is 5.29. The van der Waals surface area contributed by atoms with E-state index in [0.29, 0.717) is 15.3 Å². The summed E-state index contributed by atoms with van der Waals surface area (Å²) in [7, 11) is 0. The number of carboxylic acid groups (broad SMARTS) is 1. The van der Waals surface area contributed by atoms with Gasteiger partial charge in [-0.15, -0.1) is 11.3 Å². The van der Waals surface area contributed by atoms with Crippen LogP contribution in [0.25, 0.3) is 16.5 Å². The third-order valence-corrected chi connectivity index (χ3v) is 4.36. The lowest BCUT2D eigenvalue weighted by molar-refractivity contribution is -0.138. The fourth-order valence-electron chi connectivity index (χ4n) is 1.65. The maximum Gasteiger partial charge on any atom is 0.417 e. The molecule has 2 rings (SSSR count). The monoisotopic (exact) mass is 376 g/mol. The van der Waals surface area contributed by atoms with Crippen molar-refractivity contribution in [3.8, 4) is 10.4 Å². The Hall–Kier alpha value is -1.60. The number of alkyl halides is 3. The van der Waals surface area contributed by atoms with Gasteiger partial charge in [0.15, 0.2) is 0 Å². The van der Waals surface area contributed by atoms with E-state index < -0.39 is 17.7 Å². The van der Waals surface area contributed by atoms with Gasteiger partial charge in [0.25, 0.3) is 0 Å². The maximum absolute atomic E-state index is 12.9. The molecule has 0 aliphatic heterocycles. The number of hydrogen-bond donors (Lipinski definition) is 1. The third kappa shape index (κ3) is 3.95. The van der Waals surface area contributed by atoms with E-state index in [9.17, 15) is 18.0 Å². The highest BCUT2D eigenvalue weighted by atomic mass is 79.9. The van der Waals surface area contributed by atoms with E-state index in [0.717, 1.165) is 12.1 Å². The van der Waals surface area contributed by atoms with Crippen molar-refractivity contribution in [2.75, 3.05) is 0 Å². The molecule has 2 aromatic rings. The molecule has 0 spiro atoms. The van der Waals surface area contributed by atoms with Crippen molar-refractivity contribution in [1.29, 1.82) is 0 Å². The van der Waals surface area contributed by atoms with E-state index in [2.05, 4.69) is 15.9 Å². The molecule has 21 heavy (non-hydrogen) atoms. The number of carboxylic acids is 1. The first-order chi connectivity index (χ1) is 9.77. The summed E-state index contributed by atoms with van der Waals surface area (Å²) in [6.07, 6.45) is -2.05. The van der Waals surface area contributed by atoms with E-state index >= 15 is 0 Å². The molecule has 0 radical (unpaired) electrons. The summed E-state index contributed by atoms with van der Waals surface area (Å²) in [6, 6.07) is 7.32. The van der Waals surface area contributed by atoms with Crippen molar-refractivity contribution >= 4 is 39.3 Å². The Morgan fingerprint density at radius 3 is 2.57 bits per heavy atom. The first kappa shape index (κ1) is 15.8. The molecule has 0 bridgehead atoms. The van der Waals surface area contributed by atoms with Gasteiger partial charge in [0, 0.05) is 20.3 Å². The standard InChI is InChI=1S/C14H8BrF3O2S/c15-11-4-1-8(7-10(11)14(16,17)18)12-5-2-9(21-12)3-6-13(19)20/h1-7H,(H,19,20). The summed E-state index contributed by atoms with van der Waals surface area (Å²) >= 11 is 4.11. The molecule has 0 aliphatic carbocycles. The molecule has 0 unspecified atom stereocenters. The summed E-state index contributed by atoms with van der Waals surface area (Å²) in [6.45, 7) is 0. The molecule has 0 amide bonds. The molecule has 0 saturated carbocycles. The van der Waals surface area contributed by atoms with Gasteiger partial charge in [0.2, 0.25) is 0 Å². The Balaban J connectivity index is 2.37. The molecular formula is C14H8BrF3O2S. The van der Waals surface area contributed by atoms with Gasteiger partial charge < -0.3 is 5.11 Å². The third-order valence-electron chi connectivity index (χ3n) is 2.57. The second-order valence-corrected chi connectivity index (χ2v) is 6.04. The van der Waals surface area contributed by atoms with Crippen LogP contribution in [-0.2, 0) is 11.0 Å². The second kappa shape index (κ2) is 6.03. The lowest BCUT2D eigenvalue weighted by Crippen LogP contribution is -2.05. The molecule has 0 aliphatic rings. The summed E-state index contributed by atoms with van der Waals surface area (Å²) in [5.74, 6) is -1.08. The quantitative estimate of drug-likeness (QED) is 0.738. The fourth-order valence-corrected chi connectivity index (χ4v) is 3.03. The lowest BCUT2D eigenvalue weighted by Gasteiger charge is -2.10. The predicted molar refractivity (Wildman–Crippen MR) is 79.1 cm³/mol. The Morgan fingerprint density at radius 2 is 1.95 bits per heavy atom. The average Bonchev–Trinajstić information content (AvgIpc) is 2.84. The van der Waals surface area contributed by atoms with E-state index in [1.54, 1.807) is 18.2 Å². The zero-order chi connectivity index (χ0) is 15.6. The van der Waals surface area contributed by atoms with Gasteiger partial charge in [0.05, 0.1) is 5.56 Å². The molecule has 1 aromatic heterocycles. The Bertz CT molecular complexity index is 704. The second-order valence-electron chi connectivity index (χ2n) is 4.07. The van der Waals surface area contributed by atoms with Crippen LogP contribution < -0.4 is 0 Å². The average molecular weight is 377 g/mol. The lowest BCUT2D eigenvalue weighted by atomic mass is 10.1. The van der Waals surface area contributed by atoms with Crippen LogP contribution >= 0.6 is 27.3 Å². The number of benzene rings is 1. The van der Waals surface area contributed by atoms with Crippen LogP contribution in [0.15, 0.2) is 40.9 Å². The Kier molecular flexibility index (Phi) is 4.53. The van der Waals surface area contributed by atoms with Crippen LogP contribution in [0.1, 0.15) is 10.4 Å². The SMILES string of the molecule is O=C(O)C=Cc1ccc(-c2ccc(Br)c(C(F)(F)F)c2)s1. The zero-order valence-corrected chi connectivity index (χ0v) is 12.7. The van der Waals surface area contributed by atoms with Gasteiger partial charge in [-0.1, -0.05) is 22.0 Å². The molecule has 0 fully saturated rings. The highest BCUT2D eigenvalue weighted by molar-refractivity contribution is 9.10. The Morgan fingerprint density at radius 1 is 1.24 bits per heavy atom. The molecule has 2 nitrogen and oxygen atoms in total. The molecule has 1 aromatic carbocycles. The first-order valence-electron chi connectivity index (χ1n) is 5.65. The van der Waals surface area contributed by atoms with Crippen molar-refractivity contribution in [3.63, 3.8) is 0 Å². The highest BCUT2D eigenvalue weighted by Crippen LogP contribution is 2.38. The van der Waals surface area contributed by atoms with Gasteiger partial charge in [-0.3, -0.25) is 0 Å². The molecule has 110 valence electrons. The molecular weight excluding hydrogens is 369 g/mol. The van der Waals surface area contributed by atoms with E-state index in [4.69, 9.17) is 5.11 Å². The van der Waals surface area contributed by atoms with Crippen LogP contribution in [0.3, 0.4) is 0 Å². The smallest absolute Gasteiger partial charge is 0.417 e. The van der Waals surface area contributed by atoms with Crippen LogP contribution in [0.5, 0.6) is 0 Å². The van der Waals surface area contributed by atoms with Crippen molar-refractivity contribution in [2.45, 2.75) is 6.18 Å². The van der Waals surface area contributed by atoms with Gasteiger partial charge >= 0.3 is 12.1 Å². The van der Waals surface area contributed by atoms with E-state index in [1.165, 1.54) is 23.5 Å². The molecule has 1 heterocycles. The van der Waals surface area contributed by atoms with Crippen LogP contribution in [0, 0.1) is 0 Å². The van der Waals surface area contributed by atoms with Crippen molar-refractivity contribution < 1.29 is 23.1 Å². The van der Waals surface area contributed by atoms with Crippen molar-refractivity contribution in [1.82, 2.24) is 0 Å². The zero-order valence-electron chi connectivity index (χ0n) is 10.3. The van der Waals surface area contributed by atoms with Gasteiger partial charge in [-0.05, 0) is 35.9 Å².